The number of hydrogen-bond donors (Lipinski definition) is 3. The fourth-order valence-electron chi connectivity index (χ4n) is 2.60. The summed E-state index contributed by atoms with van der Waals surface area (Å²) in [6.07, 6.45) is 12.6. The van der Waals surface area contributed by atoms with Crippen molar-refractivity contribution in [1.82, 2.24) is 0 Å². The SMILES string of the molecule is CCCCCCCCCCCCCC(=O)OCC(O)COC(=O)[C@@H](N)CO. The highest BCUT2D eigenvalue weighted by Gasteiger charge is 2.16. The second-order valence-electron chi connectivity index (χ2n) is 7.04. The zero-order valence-electron chi connectivity index (χ0n) is 16.9. The Labute approximate surface area is 163 Å². The summed E-state index contributed by atoms with van der Waals surface area (Å²) in [5.74, 6) is -1.16. The van der Waals surface area contributed by atoms with Crippen molar-refractivity contribution in [3.05, 3.63) is 0 Å². The van der Waals surface area contributed by atoms with Gasteiger partial charge in [-0.05, 0) is 6.42 Å². The molecule has 0 aliphatic carbocycles. The molecule has 160 valence electrons. The van der Waals surface area contributed by atoms with E-state index in [-0.39, 0.29) is 19.2 Å². The van der Waals surface area contributed by atoms with E-state index in [2.05, 4.69) is 6.92 Å². The van der Waals surface area contributed by atoms with Crippen molar-refractivity contribution in [1.29, 1.82) is 0 Å². The summed E-state index contributed by atoms with van der Waals surface area (Å²) < 4.78 is 9.65. The summed E-state index contributed by atoms with van der Waals surface area (Å²) in [6.45, 7) is 1.16. The zero-order chi connectivity index (χ0) is 20.3. The van der Waals surface area contributed by atoms with Crippen LogP contribution >= 0.6 is 0 Å². The van der Waals surface area contributed by atoms with E-state index >= 15 is 0 Å². The van der Waals surface area contributed by atoms with Gasteiger partial charge in [0, 0.05) is 6.42 Å². The second kappa shape index (κ2) is 18.2. The van der Waals surface area contributed by atoms with Gasteiger partial charge in [-0.1, -0.05) is 71.1 Å². The maximum Gasteiger partial charge on any atom is 0.325 e. The molecule has 27 heavy (non-hydrogen) atoms. The maximum atomic E-state index is 11.6. The number of aliphatic hydroxyl groups is 2. The van der Waals surface area contributed by atoms with Gasteiger partial charge < -0.3 is 25.4 Å². The van der Waals surface area contributed by atoms with Crippen molar-refractivity contribution in [3.8, 4) is 0 Å². The van der Waals surface area contributed by atoms with Crippen LogP contribution < -0.4 is 5.73 Å². The number of unbranched alkanes of at least 4 members (excludes halogenated alkanes) is 10. The van der Waals surface area contributed by atoms with Crippen molar-refractivity contribution in [2.75, 3.05) is 19.8 Å². The van der Waals surface area contributed by atoms with E-state index in [4.69, 9.17) is 20.3 Å². The van der Waals surface area contributed by atoms with Crippen molar-refractivity contribution in [2.24, 2.45) is 5.73 Å². The Morgan fingerprint density at radius 3 is 1.85 bits per heavy atom. The van der Waals surface area contributed by atoms with Crippen molar-refractivity contribution in [2.45, 2.75) is 96.1 Å². The molecule has 7 heteroatoms. The summed E-state index contributed by atoms with van der Waals surface area (Å²) in [7, 11) is 0. The van der Waals surface area contributed by atoms with Crippen molar-refractivity contribution in [3.63, 3.8) is 0 Å². The second-order valence-corrected chi connectivity index (χ2v) is 7.04. The average molecular weight is 390 g/mol. The van der Waals surface area contributed by atoms with E-state index in [1.165, 1.54) is 51.4 Å². The van der Waals surface area contributed by atoms with Crippen LogP contribution in [0.5, 0.6) is 0 Å². The first kappa shape index (κ1) is 25.8. The molecule has 0 aromatic carbocycles. The lowest BCUT2D eigenvalue weighted by molar-refractivity contribution is -0.153. The summed E-state index contributed by atoms with van der Waals surface area (Å²) in [5.41, 5.74) is 5.26. The van der Waals surface area contributed by atoms with E-state index in [9.17, 15) is 14.7 Å². The highest BCUT2D eigenvalue weighted by molar-refractivity contribution is 5.75. The summed E-state index contributed by atoms with van der Waals surface area (Å²) >= 11 is 0. The smallest absolute Gasteiger partial charge is 0.325 e. The lowest BCUT2D eigenvalue weighted by atomic mass is 10.1. The number of rotatable bonds is 18. The first-order valence-electron chi connectivity index (χ1n) is 10.4. The van der Waals surface area contributed by atoms with Crippen LogP contribution in [0.25, 0.3) is 0 Å². The number of nitrogens with two attached hydrogens (primary N) is 1. The first-order chi connectivity index (χ1) is 13.0. The minimum atomic E-state index is -1.12. The number of carbonyl (C=O) groups excluding carboxylic acids is 2. The van der Waals surface area contributed by atoms with E-state index in [0.29, 0.717) is 6.42 Å². The molecule has 7 nitrogen and oxygen atoms in total. The van der Waals surface area contributed by atoms with Crippen LogP contribution in [-0.4, -0.2) is 54.1 Å². The lowest BCUT2D eigenvalue weighted by Crippen LogP contribution is -2.37. The number of hydrogen-bond acceptors (Lipinski definition) is 7. The maximum absolute atomic E-state index is 11.6. The van der Waals surface area contributed by atoms with Crippen LogP contribution in [0.1, 0.15) is 84.0 Å². The number of carbonyl (C=O) groups is 2. The van der Waals surface area contributed by atoms with Crippen LogP contribution in [0, 0.1) is 0 Å². The zero-order valence-corrected chi connectivity index (χ0v) is 16.9. The molecule has 0 bridgehead atoms. The molecule has 0 aromatic heterocycles. The highest BCUT2D eigenvalue weighted by atomic mass is 16.6. The predicted molar refractivity (Wildman–Crippen MR) is 104 cm³/mol. The molecule has 0 heterocycles. The van der Waals surface area contributed by atoms with Gasteiger partial charge in [-0.25, -0.2) is 0 Å². The molecule has 0 amide bonds. The van der Waals surface area contributed by atoms with Gasteiger partial charge in [0.2, 0.25) is 0 Å². The summed E-state index contributed by atoms with van der Waals surface area (Å²) in [5, 5.41) is 18.3. The third-order valence-electron chi connectivity index (χ3n) is 4.34. The Hall–Kier alpha value is -1.18. The predicted octanol–water partition coefficient (Wildman–Crippen LogP) is 2.45. The monoisotopic (exact) mass is 389 g/mol. The molecular formula is C20H39NO6. The highest BCUT2D eigenvalue weighted by Crippen LogP contribution is 2.12. The van der Waals surface area contributed by atoms with Gasteiger partial charge in [0.25, 0.3) is 0 Å². The fraction of sp³-hybridized carbons (Fsp3) is 0.900. The summed E-state index contributed by atoms with van der Waals surface area (Å²) in [6, 6.07) is -1.12. The Bertz CT molecular complexity index is 377. The number of ether oxygens (including phenoxy) is 2. The molecule has 0 aliphatic rings. The Balaban J connectivity index is 3.44. The van der Waals surface area contributed by atoms with Gasteiger partial charge in [-0.15, -0.1) is 0 Å². The van der Waals surface area contributed by atoms with Gasteiger partial charge in [-0.2, -0.15) is 0 Å². The average Bonchev–Trinajstić information content (AvgIpc) is 2.67. The van der Waals surface area contributed by atoms with Crippen LogP contribution in [0.2, 0.25) is 0 Å². The van der Waals surface area contributed by atoms with Crippen LogP contribution in [0.15, 0.2) is 0 Å². The molecule has 0 aromatic rings. The standard InChI is InChI=1S/C20H39NO6/c1-2-3-4-5-6-7-8-9-10-11-12-13-19(24)26-15-17(23)16-27-20(25)18(21)14-22/h17-18,22-23H,2-16,21H2,1H3/t17?,18-/m0/s1. The third kappa shape index (κ3) is 16.7. The Kier molecular flexibility index (Phi) is 17.4. The van der Waals surface area contributed by atoms with E-state index in [0.717, 1.165) is 19.3 Å². The van der Waals surface area contributed by atoms with Crippen molar-refractivity contribution >= 4 is 11.9 Å². The van der Waals surface area contributed by atoms with Gasteiger partial charge in [0.1, 0.15) is 25.4 Å². The number of esters is 2. The molecule has 0 saturated heterocycles. The lowest BCUT2D eigenvalue weighted by Gasteiger charge is -2.13. The van der Waals surface area contributed by atoms with Crippen molar-refractivity contribution < 1.29 is 29.3 Å². The molecule has 0 radical (unpaired) electrons. The molecular weight excluding hydrogens is 350 g/mol. The van der Waals surface area contributed by atoms with Crippen LogP contribution in [-0.2, 0) is 19.1 Å². The van der Waals surface area contributed by atoms with Gasteiger partial charge in [0.15, 0.2) is 0 Å². The molecule has 0 spiro atoms. The van der Waals surface area contributed by atoms with Gasteiger partial charge in [-0.3, -0.25) is 9.59 Å². The van der Waals surface area contributed by atoms with Gasteiger partial charge in [0.05, 0.1) is 6.61 Å². The minimum Gasteiger partial charge on any atom is -0.463 e. The minimum absolute atomic E-state index is 0.224. The topological polar surface area (TPSA) is 119 Å². The van der Waals surface area contributed by atoms with E-state index < -0.39 is 24.7 Å². The van der Waals surface area contributed by atoms with E-state index in [1.54, 1.807) is 0 Å². The molecule has 0 rings (SSSR count). The molecule has 0 fully saturated rings. The number of aliphatic hydroxyl groups excluding tert-OH is 2. The first-order valence-corrected chi connectivity index (χ1v) is 10.4. The molecule has 0 saturated carbocycles. The van der Waals surface area contributed by atoms with Gasteiger partial charge >= 0.3 is 11.9 Å². The molecule has 1 unspecified atom stereocenters. The Morgan fingerprint density at radius 2 is 1.33 bits per heavy atom. The molecule has 0 aliphatic heterocycles. The Morgan fingerprint density at radius 1 is 0.852 bits per heavy atom. The van der Waals surface area contributed by atoms with Crippen LogP contribution in [0.4, 0.5) is 0 Å². The fourth-order valence-corrected chi connectivity index (χ4v) is 2.60. The molecule has 4 N–H and O–H groups in total. The molecule has 2 atom stereocenters. The van der Waals surface area contributed by atoms with Crippen LogP contribution in [0.3, 0.4) is 0 Å². The summed E-state index contributed by atoms with van der Waals surface area (Å²) in [4.78, 5) is 22.8. The third-order valence-corrected chi connectivity index (χ3v) is 4.34. The quantitative estimate of drug-likeness (QED) is 0.243. The normalized spacial score (nSPS) is 13.2. The van der Waals surface area contributed by atoms with E-state index in [1.807, 2.05) is 0 Å². The largest absolute Gasteiger partial charge is 0.463 e.